The molecule has 0 aliphatic rings. The van der Waals surface area contributed by atoms with E-state index in [-0.39, 0.29) is 21.1 Å². The van der Waals surface area contributed by atoms with E-state index in [0.717, 1.165) is 6.42 Å². The fraction of sp³-hybridized carbons (Fsp3) is 0.667. The third-order valence-electron chi connectivity index (χ3n) is 0.638. The van der Waals surface area contributed by atoms with Crippen molar-refractivity contribution < 1.29 is 21.1 Å². The second kappa shape index (κ2) is 6.69. The number of hydrogen-bond acceptors (Lipinski definition) is 0. The zero-order valence-corrected chi connectivity index (χ0v) is 7.91. The molecule has 0 amide bonds. The van der Waals surface area contributed by atoms with Crippen LogP contribution in [0, 0.1) is 19.3 Å². The summed E-state index contributed by atoms with van der Waals surface area (Å²) in [5, 5.41) is 0. The molecule has 0 aliphatic heterocycles. The zero-order valence-electron chi connectivity index (χ0n) is 4.98. The molecular weight excluding hydrogens is 256 g/mol. The SMILES string of the molecule is [CH2-]C(C)C[CH-]C.[W+2]. The van der Waals surface area contributed by atoms with Gasteiger partial charge in [0.25, 0.3) is 0 Å². The molecule has 0 heterocycles. The van der Waals surface area contributed by atoms with Gasteiger partial charge in [0, 0.05) is 0 Å². The summed E-state index contributed by atoms with van der Waals surface area (Å²) in [6, 6.07) is 0. The minimum absolute atomic E-state index is 0. The van der Waals surface area contributed by atoms with E-state index in [9.17, 15) is 0 Å². The zero-order chi connectivity index (χ0) is 4.99. The topological polar surface area (TPSA) is 0 Å². The van der Waals surface area contributed by atoms with E-state index < -0.39 is 0 Å². The Kier molecular flexibility index (Phi) is 10.2. The van der Waals surface area contributed by atoms with E-state index in [1.807, 2.05) is 0 Å². The van der Waals surface area contributed by atoms with Crippen molar-refractivity contribution in [1.29, 1.82) is 0 Å². The first kappa shape index (κ1) is 10.6. The van der Waals surface area contributed by atoms with E-state index in [1.54, 1.807) is 0 Å². The molecule has 0 saturated heterocycles. The maximum Gasteiger partial charge on any atom is 2.00 e. The summed E-state index contributed by atoms with van der Waals surface area (Å²) in [6.45, 7) is 7.97. The fourth-order valence-corrected chi connectivity index (χ4v) is 0.402. The van der Waals surface area contributed by atoms with Crippen LogP contribution in [0.1, 0.15) is 20.3 Å². The van der Waals surface area contributed by atoms with Gasteiger partial charge in [-0.3, -0.25) is 0 Å². The van der Waals surface area contributed by atoms with Gasteiger partial charge in [-0.05, 0) is 0 Å². The molecule has 0 aliphatic carbocycles. The molecule has 0 saturated carbocycles. The van der Waals surface area contributed by atoms with Gasteiger partial charge in [0.05, 0.1) is 0 Å². The van der Waals surface area contributed by atoms with Gasteiger partial charge in [0.2, 0.25) is 0 Å². The summed E-state index contributed by atoms with van der Waals surface area (Å²) < 4.78 is 0. The standard InChI is InChI=1S/C6H12.W/c1-4-5-6(2)3;/h4,6H,2,5H2,1,3H3;/q-2;+2. The summed E-state index contributed by atoms with van der Waals surface area (Å²) in [6.07, 6.45) is 3.28. The monoisotopic (exact) mass is 268 g/mol. The summed E-state index contributed by atoms with van der Waals surface area (Å²) in [5.74, 6) is 0.593. The summed E-state index contributed by atoms with van der Waals surface area (Å²) in [4.78, 5) is 0. The Labute approximate surface area is 61.0 Å². The third kappa shape index (κ3) is 10.8. The summed E-state index contributed by atoms with van der Waals surface area (Å²) in [5.41, 5.74) is 0. The van der Waals surface area contributed by atoms with Gasteiger partial charge in [-0.15, -0.1) is 0 Å². The van der Waals surface area contributed by atoms with Crippen molar-refractivity contribution >= 4 is 0 Å². The molecule has 1 atom stereocenters. The van der Waals surface area contributed by atoms with Crippen molar-refractivity contribution in [2.24, 2.45) is 5.92 Å². The van der Waals surface area contributed by atoms with Crippen molar-refractivity contribution in [3.8, 4) is 0 Å². The van der Waals surface area contributed by atoms with Crippen LogP contribution < -0.4 is 0 Å². The third-order valence-corrected chi connectivity index (χ3v) is 0.638. The molecule has 0 radical (unpaired) electrons. The van der Waals surface area contributed by atoms with Crippen LogP contribution in [0.5, 0.6) is 0 Å². The Morgan fingerprint density at radius 3 is 2.14 bits per heavy atom. The Morgan fingerprint density at radius 1 is 1.71 bits per heavy atom. The van der Waals surface area contributed by atoms with Gasteiger partial charge < -0.3 is 13.3 Å². The van der Waals surface area contributed by atoms with Crippen LogP contribution in [0.2, 0.25) is 0 Å². The first-order valence-electron chi connectivity index (χ1n) is 2.38. The van der Waals surface area contributed by atoms with Crippen molar-refractivity contribution in [2.45, 2.75) is 20.3 Å². The van der Waals surface area contributed by atoms with Gasteiger partial charge in [0.15, 0.2) is 0 Å². The van der Waals surface area contributed by atoms with E-state index >= 15 is 0 Å². The average molecular weight is 268 g/mol. The first-order valence-corrected chi connectivity index (χ1v) is 2.38. The van der Waals surface area contributed by atoms with Crippen LogP contribution in [0.15, 0.2) is 0 Å². The molecule has 1 unspecified atom stereocenters. The Hall–Kier alpha value is 0.688. The van der Waals surface area contributed by atoms with E-state index in [1.165, 1.54) is 0 Å². The van der Waals surface area contributed by atoms with Gasteiger partial charge in [-0.25, -0.2) is 6.42 Å². The smallest absolute Gasteiger partial charge is 0.343 e. The van der Waals surface area contributed by atoms with Gasteiger partial charge in [-0.2, -0.15) is 12.8 Å². The summed E-state index contributed by atoms with van der Waals surface area (Å²) in [7, 11) is 0. The van der Waals surface area contributed by atoms with E-state index in [2.05, 4.69) is 27.2 Å². The molecule has 7 heavy (non-hydrogen) atoms. The fourth-order valence-electron chi connectivity index (χ4n) is 0.402. The molecule has 0 fully saturated rings. The normalized spacial score (nSPS) is 12.4. The molecule has 0 aromatic heterocycles. The predicted octanol–water partition coefficient (Wildman–Crippen LogP) is 2.07. The maximum atomic E-state index is 3.80. The quantitative estimate of drug-likeness (QED) is 0.672. The largest absolute Gasteiger partial charge is 2.00 e. The summed E-state index contributed by atoms with van der Waals surface area (Å²) >= 11 is 0. The first-order chi connectivity index (χ1) is 2.77. The second-order valence-corrected chi connectivity index (χ2v) is 1.75. The molecule has 0 rings (SSSR count). The second-order valence-electron chi connectivity index (χ2n) is 1.75. The van der Waals surface area contributed by atoms with E-state index in [4.69, 9.17) is 0 Å². The molecule has 0 aromatic rings. The molecule has 0 nitrogen and oxygen atoms in total. The van der Waals surface area contributed by atoms with Crippen molar-refractivity contribution in [3.63, 3.8) is 0 Å². The molecule has 0 N–H and O–H groups in total. The molecular formula is C6H12W. The number of hydrogen-bond donors (Lipinski definition) is 0. The molecule has 0 bridgehead atoms. The van der Waals surface area contributed by atoms with Crippen LogP contribution in [0.4, 0.5) is 0 Å². The minimum Gasteiger partial charge on any atom is -0.343 e. The van der Waals surface area contributed by atoms with Crippen LogP contribution in [-0.2, 0) is 21.1 Å². The molecule has 1 heteroatoms. The maximum absolute atomic E-state index is 3.80. The van der Waals surface area contributed by atoms with E-state index in [0.29, 0.717) is 5.92 Å². The van der Waals surface area contributed by atoms with Gasteiger partial charge in [0.1, 0.15) is 0 Å². The molecule has 0 aromatic carbocycles. The van der Waals surface area contributed by atoms with Crippen molar-refractivity contribution in [2.75, 3.05) is 0 Å². The van der Waals surface area contributed by atoms with Crippen molar-refractivity contribution in [3.05, 3.63) is 13.3 Å². The average Bonchev–Trinajstić information content (AvgIpc) is 1.35. The number of rotatable bonds is 2. The minimum atomic E-state index is 0. The van der Waals surface area contributed by atoms with Crippen molar-refractivity contribution in [1.82, 2.24) is 0 Å². The van der Waals surface area contributed by atoms with Crippen LogP contribution in [-0.4, -0.2) is 0 Å². The predicted molar refractivity (Wildman–Crippen MR) is 29.1 cm³/mol. The molecule has 0 spiro atoms. The Bertz CT molecular complexity index is 25.4. The Balaban J connectivity index is 0. The van der Waals surface area contributed by atoms with Crippen LogP contribution in [0.3, 0.4) is 0 Å². The molecule has 42 valence electrons. The van der Waals surface area contributed by atoms with Gasteiger partial charge >= 0.3 is 21.1 Å². The van der Waals surface area contributed by atoms with Crippen LogP contribution >= 0.6 is 0 Å². The van der Waals surface area contributed by atoms with Gasteiger partial charge in [-0.1, -0.05) is 6.92 Å². The Morgan fingerprint density at radius 2 is 2.14 bits per heavy atom. The van der Waals surface area contributed by atoms with Crippen LogP contribution in [0.25, 0.3) is 0 Å².